The van der Waals surface area contributed by atoms with Gasteiger partial charge in [0, 0.05) is 19.1 Å². The Bertz CT molecular complexity index is 119. The molecule has 3 heteroatoms. The second-order valence-corrected chi connectivity index (χ2v) is 3.78. The SMILES string of the molecule is CCNNCC(C1CC1)N(C)C. The fourth-order valence-electron chi connectivity index (χ4n) is 1.55. The van der Waals surface area contributed by atoms with Crippen LogP contribution >= 0.6 is 0 Å². The van der Waals surface area contributed by atoms with Crippen molar-refractivity contribution < 1.29 is 0 Å². The Labute approximate surface area is 75.5 Å². The van der Waals surface area contributed by atoms with Crippen molar-refractivity contribution in [2.75, 3.05) is 27.2 Å². The summed E-state index contributed by atoms with van der Waals surface area (Å²) in [4.78, 5) is 2.32. The standard InChI is InChI=1S/C9H21N3/c1-4-10-11-7-9(12(2)3)8-5-6-8/h8-11H,4-7H2,1-3H3. The minimum Gasteiger partial charge on any atom is -0.305 e. The largest absolute Gasteiger partial charge is 0.305 e. The van der Waals surface area contributed by atoms with E-state index in [1.165, 1.54) is 12.8 Å². The zero-order chi connectivity index (χ0) is 8.97. The van der Waals surface area contributed by atoms with Crippen LogP contribution in [0.1, 0.15) is 19.8 Å². The van der Waals surface area contributed by atoms with E-state index in [0.29, 0.717) is 6.04 Å². The smallest absolute Gasteiger partial charge is 0.0259 e. The number of nitrogens with zero attached hydrogens (tertiary/aromatic N) is 1. The molecule has 0 aromatic carbocycles. The molecule has 0 amide bonds. The maximum Gasteiger partial charge on any atom is 0.0259 e. The van der Waals surface area contributed by atoms with Crippen LogP contribution in [-0.4, -0.2) is 38.1 Å². The number of hydrogen-bond acceptors (Lipinski definition) is 3. The molecular weight excluding hydrogens is 150 g/mol. The molecule has 1 fully saturated rings. The van der Waals surface area contributed by atoms with Gasteiger partial charge in [-0.05, 0) is 32.9 Å². The molecule has 0 saturated heterocycles. The maximum absolute atomic E-state index is 3.25. The highest BCUT2D eigenvalue weighted by Gasteiger charge is 2.31. The number of likely N-dealkylation sites (N-methyl/N-ethyl adjacent to an activating group) is 1. The van der Waals surface area contributed by atoms with E-state index in [1.807, 2.05) is 0 Å². The van der Waals surface area contributed by atoms with E-state index >= 15 is 0 Å². The van der Waals surface area contributed by atoms with Crippen LogP contribution in [0.2, 0.25) is 0 Å². The molecule has 0 bridgehead atoms. The minimum absolute atomic E-state index is 0.712. The van der Waals surface area contributed by atoms with Crippen LogP contribution in [0.15, 0.2) is 0 Å². The van der Waals surface area contributed by atoms with Crippen molar-refractivity contribution >= 4 is 0 Å². The molecule has 2 N–H and O–H groups in total. The van der Waals surface area contributed by atoms with Gasteiger partial charge in [0.1, 0.15) is 0 Å². The van der Waals surface area contributed by atoms with Crippen molar-refractivity contribution in [2.24, 2.45) is 5.92 Å². The molecule has 3 nitrogen and oxygen atoms in total. The Hall–Kier alpha value is -0.120. The summed E-state index contributed by atoms with van der Waals surface area (Å²) in [6, 6.07) is 0.712. The molecule has 1 aliphatic carbocycles. The zero-order valence-corrected chi connectivity index (χ0v) is 8.43. The van der Waals surface area contributed by atoms with Crippen molar-refractivity contribution in [2.45, 2.75) is 25.8 Å². The number of hydrogen-bond donors (Lipinski definition) is 2. The van der Waals surface area contributed by atoms with E-state index in [0.717, 1.165) is 19.0 Å². The van der Waals surface area contributed by atoms with Gasteiger partial charge in [0.05, 0.1) is 0 Å². The molecule has 1 saturated carbocycles. The van der Waals surface area contributed by atoms with Crippen molar-refractivity contribution in [3.05, 3.63) is 0 Å². The van der Waals surface area contributed by atoms with E-state index in [1.54, 1.807) is 0 Å². The summed E-state index contributed by atoms with van der Waals surface area (Å²) in [6.07, 6.45) is 2.83. The van der Waals surface area contributed by atoms with E-state index in [4.69, 9.17) is 0 Å². The van der Waals surface area contributed by atoms with Crippen LogP contribution in [0, 0.1) is 5.92 Å². The summed E-state index contributed by atoms with van der Waals surface area (Å²) in [5, 5.41) is 0. The molecule has 0 spiro atoms. The molecule has 1 atom stereocenters. The van der Waals surface area contributed by atoms with Crippen LogP contribution in [0.4, 0.5) is 0 Å². The first-order chi connectivity index (χ1) is 5.75. The molecule has 0 aliphatic heterocycles. The summed E-state index contributed by atoms with van der Waals surface area (Å²) in [7, 11) is 4.33. The highest BCUT2D eigenvalue weighted by Crippen LogP contribution is 2.34. The summed E-state index contributed by atoms with van der Waals surface area (Å²) in [5.74, 6) is 0.936. The fourth-order valence-corrected chi connectivity index (χ4v) is 1.55. The highest BCUT2D eigenvalue weighted by molar-refractivity contribution is 4.87. The van der Waals surface area contributed by atoms with E-state index < -0.39 is 0 Å². The van der Waals surface area contributed by atoms with Gasteiger partial charge in [0.25, 0.3) is 0 Å². The third-order valence-electron chi connectivity index (χ3n) is 2.44. The molecule has 0 aromatic rings. The Morgan fingerprint density at radius 2 is 2.00 bits per heavy atom. The molecule has 72 valence electrons. The average Bonchev–Trinajstić information content (AvgIpc) is 2.80. The predicted octanol–water partition coefficient (Wildman–Crippen LogP) is 0.441. The third kappa shape index (κ3) is 3.09. The van der Waals surface area contributed by atoms with Gasteiger partial charge < -0.3 is 4.90 Å². The van der Waals surface area contributed by atoms with Gasteiger partial charge in [-0.25, -0.2) is 0 Å². The fraction of sp³-hybridized carbons (Fsp3) is 1.00. The van der Waals surface area contributed by atoms with Crippen LogP contribution in [0.3, 0.4) is 0 Å². The van der Waals surface area contributed by atoms with Crippen LogP contribution < -0.4 is 10.9 Å². The quantitative estimate of drug-likeness (QED) is 0.448. The lowest BCUT2D eigenvalue weighted by atomic mass is 10.2. The van der Waals surface area contributed by atoms with Gasteiger partial charge in [0.2, 0.25) is 0 Å². The topological polar surface area (TPSA) is 27.3 Å². The van der Waals surface area contributed by atoms with Gasteiger partial charge in [-0.2, -0.15) is 0 Å². The van der Waals surface area contributed by atoms with Crippen LogP contribution in [0.25, 0.3) is 0 Å². The third-order valence-corrected chi connectivity index (χ3v) is 2.44. The molecule has 0 heterocycles. The van der Waals surface area contributed by atoms with Gasteiger partial charge >= 0.3 is 0 Å². The van der Waals surface area contributed by atoms with E-state index in [-0.39, 0.29) is 0 Å². The van der Waals surface area contributed by atoms with Gasteiger partial charge in [-0.1, -0.05) is 6.92 Å². The Morgan fingerprint density at radius 3 is 2.42 bits per heavy atom. The average molecular weight is 171 g/mol. The molecule has 1 aliphatic rings. The second-order valence-electron chi connectivity index (χ2n) is 3.78. The Kier molecular flexibility index (Phi) is 3.98. The molecular formula is C9H21N3. The first kappa shape index (κ1) is 9.96. The van der Waals surface area contributed by atoms with Gasteiger partial charge in [-0.15, -0.1) is 0 Å². The van der Waals surface area contributed by atoms with Crippen molar-refractivity contribution in [1.82, 2.24) is 15.8 Å². The summed E-state index contributed by atoms with van der Waals surface area (Å²) in [5.41, 5.74) is 6.39. The van der Waals surface area contributed by atoms with E-state index in [2.05, 4.69) is 36.8 Å². The number of nitrogens with one attached hydrogen (secondary N) is 2. The predicted molar refractivity (Wildman–Crippen MR) is 51.9 cm³/mol. The van der Waals surface area contributed by atoms with Crippen molar-refractivity contribution in [3.63, 3.8) is 0 Å². The minimum atomic E-state index is 0.712. The lowest BCUT2D eigenvalue weighted by Gasteiger charge is -2.24. The Balaban J connectivity index is 2.14. The number of hydrazine groups is 1. The van der Waals surface area contributed by atoms with Crippen molar-refractivity contribution in [1.29, 1.82) is 0 Å². The summed E-state index contributed by atoms with van der Waals surface area (Å²) >= 11 is 0. The maximum atomic E-state index is 3.25. The first-order valence-electron chi connectivity index (χ1n) is 4.87. The summed E-state index contributed by atoms with van der Waals surface area (Å²) in [6.45, 7) is 4.16. The number of rotatable bonds is 6. The normalized spacial score (nSPS) is 20.0. The van der Waals surface area contributed by atoms with Crippen molar-refractivity contribution in [3.8, 4) is 0 Å². The molecule has 1 unspecified atom stereocenters. The first-order valence-corrected chi connectivity index (χ1v) is 4.87. The highest BCUT2D eigenvalue weighted by atomic mass is 15.4. The molecule has 1 rings (SSSR count). The molecule has 0 radical (unpaired) electrons. The summed E-state index contributed by atoms with van der Waals surface area (Å²) < 4.78 is 0. The van der Waals surface area contributed by atoms with Crippen LogP contribution in [-0.2, 0) is 0 Å². The lowest BCUT2D eigenvalue weighted by molar-refractivity contribution is 0.248. The van der Waals surface area contributed by atoms with E-state index in [9.17, 15) is 0 Å². The second kappa shape index (κ2) is 4.80. The Morgan fingerprint density at radius 1 is 1.33 bits per heavy atom. The monoisotopic (exact) mass is 171 g/mol. The molecule has 12 heavy (non-hydrogen) atoms. The van der Waals surface area contributed by atoms with Crippen LogP contribution in [0.5, 0.6) is 0 Å². The zero-order valence-electron chi connectivity index (χ0n) is 8.43. The van der Waals surface area contributed by atoms with Gasteiger partial charge in [0.15, 0.2) is 0 Å². The lowest BCUT2D eigenvalue weighted by Crippen LogP contribution is -2.44. The molecule has 0 aromatic heterocycles. The van der Waals surface area contributed by atoms with Gasteiger partial charge in [-0.3, -0.25) is 10.9 Å².